The topological polar surface area (TPSA) is 81.9 Å². The van der Waals surface area contributed by atoms with Crippen molar-refractivity contribution in [2.75, 3.05) is 21.3 Å². The third-order valence-electron chi connectivity index (χ3n) is 3.58. The van der Waals surface area contributed by atoms with Crippen molar-refractivity contribution in [1.82, 2.24) is 9.46 Å². The first kappa shape index (κ1) is 18.8. The second-order valence-corrected chi connectivity index (χ2v) is 8.05. The van der Waals surface area contributed by atoms with Gasteiger partial charge in [-0.25, -0.2) is 8.42 Å². The van der Waals surface area contributed by atoms with Crippen LogP contribution in [-0.2, 0) is 16.6 Å². The predicted molar refractivity (Wildman–Crippen MR) is 91.9 cm³/mol. The van der Waals surface area contributed by atoms with Crippen molar-refractivity contribution in [3.05, 3.63) is 33.6 Å². The number of hydrogen-bond donors (Lipinski definition) is 0. The van der Waals surface area contributed by atoms with Gasteiger partial charge in [0.1, 0.15) is 22.1 Å². The molecule has 1 aromatic heterocycles. The molecule has 0 aliphatic rings. The highest BCUT2D eigenvalue weighted by atomic mass is 79.9. The van der Waals surface area contributed by atoms with E-state index in [0.29, 0.717) is 22.8 Å². The number of methoxy groups -OCH3 is 2. The van der Waals surface area contributed by atoms with Gasteiger partial charge in [-0.1, -0.05) is 5.16 Å². The summed E-state index contributed by atoms with van der Waals surface area (Å²) in [5, 5.41) is 3.71. The van der Waals surface area contributed by atoms with Gasteiger partial charge in [-0.2, -0.15) is 4.31 Å². The third-order valence-corrected chi connectivity index (χ3v) is 6.25. The first-order valence-corrected chi connectivity index (χ1v) is 9.25. The standard InChI is InChI=1S/C15H19BrN2O5S/c1-9-15(10(2)23-17-9)24(19,20)18(3)8-11-6-14(22-5)12(16)7-13(11)21-4/h6-7H,8H2,1-5H3. The Kier molecular flexibility index (Phi) is 5.56. The van der Waals surface area contributed by atoms with Crippen molar-refractivity contribution in [2.24, 2.45) is 0 Å². The van der Waals surface area contributed by atoms with Gasteiger partial charge in [0.25, 0.3) is 0 Å². The quantitative estimate of drug-likeness (QED) is 0.716. The van der Waals surface area contributed by atoms with Crippen LogP contribution in [0.1, 0.15) is 17.0 Å². The lowest BCUT2D eigenvalue weighted by Crippen LogP contribution is -2.27. The van der Waals surface area contributed by atoms with Gasteiger partial charge in [0.15, 0.2) is 5.76 Å². The van der Waals surface area contributed by atoms with Crippen molar-refractivity contribution in [2.45, 2.75) is 25.3 Å². The maximum Gasteiger partial charge on any atom is 0.248 e. The van der Waals surface area contributed by atoms with E-state index in [4.69, 9.17) is 14.0 Å². The Hall–Kier alpha value is -1.58. The van der Waals surface area contributed by atoms with Crippen LogP contribution < -0.4 is 9.47 Å². The zero-order valence-electron chi connectivity index (χ0n) is 14.1. The first-order chi connectivity index (χ1) is 11.2. The van der Waals surface area contributed by atoms with Crippen LogP contribution in [0, 0.1) is 13.8 Å². The van der Waals surface area contributed by atoms with E-state index in [1.54, 1.807) is 33.1 Å². The highest BCUT2D eigenvalue weighted by Gasteiger charge is 2.29. The fraction of sp³-hybridized carbons (Fsp3) is 0.400. The van der Waals surface area contributed by atoms with Crippen LogP contribution in [0.4, 0.5) is 0 Å². The minimum atomic E-state index is -3.74. The monoisotopic (exact) mass is 418 g/mol. The average molecular weight is 419 g/mol. The Morgan fingerprint density at radius 2 is 1.83 bits per heavy atom. The van der Waals surface area contributed by atoms with E-state index in [9.17, 15) is 8.42 Å². The molecule has 0 radical (unpaired) electrons. The zero-order chi connectivity index (χ0) is 18.1. The Balaban J connectivity index is 2.41. The number of ether oxygens (including phenoxy) is 2. The van der Waals surface area contributed by atoms with E-state index in [1.165, 1.54) is 18.5 Å². The molecule has 0 aliphatic heterocycles. The van der Waals surface area contributed by atoms with E-state index in [0.717, 1.165) is 4.47 Å². The summed E-state index contributed by atoms with van der Waals surface area (Å²) in [5.74, 6) is 1.41. The van der Waals surface area contributed by atoms with Crippen molar-refractivity contribution in [3.63, 3.8) is 0 Å². The number of sulfonamides is 1. The number of nitrogens with zero attached hydrogens (tertiary/aromatic N) is 2. The van der Waals surface area contributed by atoms with E-state index < -0.39 is 10.0 Å². The minimum absolute atomic E-state index is 0.0908. The summed E-state index contributed by atoms with van der Waals surface area (Å²) in [6.07, 6.45) is 0. The van der Waals surface area contributed by atoms with Crippen LogP contribution in [0.2, 0.25) is 0 Å². The summed E-state index contributed by atoms with van der Waals surface area (Å²) in [6, 6.07) is 3.48. The number of hydrogen-bond acceptors (Lipinski definition) is 6. The summed E-state index contributed by atoms with van der Waals surface area (Å²) in [7, 11) is 0.825. The number of benzene rings is 1. The Bertz CT molecular complexity index is 828. The SMILES string of the molecule is COc1cc(CN(C)S(=O)(=O)c2c(C)noc2C)c(OC)cc1Br. The maximum atomic E-state index is 12.8. The summed E-state index contributed by atoms with van der Waals surface area (Å²) in [4.78, 5) is 0.0908. The summed E-state index contributed by atoms with van der Waals surface area (Å²) in [6.45, 7) is 3.28. The van der Waals surface area contributed by atoms with Gasteiger partial charge < -0.3 is 14.0 Å². The Morgan fingerprint density at radius 1 is 1.21 bits per heavy atom. The lowest BCUT2D eigenvalue weighted by Gasteiger charge is -2.19. The first-order valence-electron chi connectivity index (χ1n) is 7.02. The summed E-state index contributed by atoms with van der Waals surface area (Å²) < 4.78 is 43.1. The molecule has 0 spiro atoms. The minimum Gasteiger partial charge on any atom is -0.496 e. The van der Waals surface area contributed by atoms with E-state index in [2.05, 4.69) is 21.1 Å². The summed E-state index contributed by atoms with van der Waals surface area (Å²) >= 11 is 3.38. The van der Waals surface area contributed by atoms with Gasteiger partial charge in [0.2, 0.25) is 10.0 Å². The second kappa shape index (κ2) is 7.12. The van der Waals surface area contributed by atoms with Crippen molar-refractivity contribution in [3.8, 4) is 11.5 Å². The van der Waals surface area contributed by atoms with Crippen molar-refractivity contribution < 1.29 is 22.4 Å². The molecule has 132 valence electrons. The number of rotatable bonds is 6. The molecule has 1 aromatic carbocycles. The third kappa shape index (κ3) is 3.42. The molecule has 0 aliphatic carbocycles. The van der Waals surface area contributed by atoms with Crippen LogP contribution >= 0.6 is 15.9 Å². The normalized spacial score (nSPS) is 11.8. The van der Waals surface area contributed by atoms with Gasteiger partial charge >= 0.3 is 0 Å². The highest BCUT2D eigenvalue weighted by Crippen LogP contribution is 2.34. The Labute approximate surface area is 149 Å². The smallest absolute Gasteiger partial charge is 0.248 e. The largest absolute Gasteiger partial charge is 0.496 e. The molecule has 0 unspecified atom stereocenters. The van der Waals surface area contributed by atoms with Crippen LogP contribution in [0.15, 0.2) is 26.0 Å². The zero-order valence-corrected chi connectivity index (χ0v) is 16.5. The molecule has 24 heavy (non-hydrogen) atoms. The molecule has 0 fully saturated rings. The van der Waals surface area contributed by atoms with Gasteiger partial charge in [-0.05, 0) is 41.9 Å². The molecule has 0 N–H and O–H groups in total. The van der Waals surface area contributed by atoms with Crippen LogP contribution in [0.3, 0.4) is 0 Å². The molecule has 0 saturated carbocycles. The fourth-order valence-corrected chi connectivity index (χ4v) is 4.29. The highest BCUT2D eigenvalue weighted by molar-refractivity contribution is 9.10. The molecule has 2 aromatic rings. The second-order valence-electron chi connectivity index (χ2n) is 5.21. The number of aromatic nitrogens is 1. The van der Waals surface area contributed by atoms with Gasteiger partial charge in [0.05, 0.1) is 18.7 Å². The van der Waals surface area contributed by atoms with E-state index in [-0.39, 0.29) is 17.2 Å². The van der Waals surface area contributed by atoms with E-state index >= 15 is 0 Å². The van der Waals surface area contributed by atoms with E-state index in [1.807, 2.05) is 0 Å². The molecular weight excluding hydrogens is 400 g/mol. The number of halogens is 1. The fourth-order valence-electron chi connectivity index (χ4n) is 2.37. The molecule has 0 saturated heterocycles. The molecule has 7 nitrogen and oxygen atoms in total. The molecule has 0 amide bonds. The van der Waals surface area contributed by atoms with Crippen molar-refractivity contribution >= 4 is 26.0 Å². The molecule has 0 atom stereocenters. The molecule has 9 heteroatoms. The number of aryl methyl sites for hydroxylation is 2. The van der Waals surface area contributed by atoms with Crippen LogP contribution in [0.25, 0.3) is 0 Å². The maximum absolute atomic E-state index is 12.8. The molecule has 0 bridgehead atoms. The molecular formula is C15H19BrN2O5S. The lowest BCUT2D eigenvalue weighted by atomic mass is 10.2. The summed E-state index contributed by atoms with van der Waals surface area (Å²) in [5.41, 5.74) is 1.01. The average Bonchev–Trinajstić information content (AvgIpc) is 2.87. The lowest BCUT2D eigenvalue weighted by molar-refractivity contribution is 0.385. The van der Waals surface area contributed by atoms with Crippen molar-refractivity contribution in [1.29, 1.82) is 0 Å². The predicted octanol–water partition coefficient (Wildman–Crippen LogP) is 2.89. The van der Waals surface area contributed by atoms with Gasteiger partial charge in [-0.15, -0.1) is 0 Å². The van der Waals surface area contributed by atoms with Crippen LogP contribution in [0.5, 0.6) is 11.5 Å². The Morgan fingerprint density at radius 3 is 2.33 bits per heavy atom. The van der Waals surface area contributed by atoms with Gasteiger partial charge in [0, 0.05) is 19.2 Å². The van der Waals surface area contributed by atoms with Crippen LogP contribution in [-0.4, -0.2) is 39.1 Å². The molecule has 2 rings (SSSR count). The molecule has 1 heterocycles. The van der Waals surface area contributed by atoms with Gasteiger partial charge in [-0.3, -0.25) is 0 Å².